The van der Waals surface area contributed by atoms with Crippen molar-refractivity contribution in [1.82, 2.24) is 15.1 Å². The molecule has 2 saturated carbocycles. The number of amides is 2. The highest BCUT2D eigenvalue weighted by atomic mass is 16.2. The molecule has 1 atom stereocenters. The molecular weight excluding hydrogens is 314 g/mol. The van der Waals surface area contributed by atoms with E-state index in [-0.39, 0.29) is 11.9 Å². The molecule has 3 fully saturated rings. The van der Waals surface area contributed by atoms with Gasteiger partial charge < -0.3 is 10.2 Å². The molecule has 142 valence electrons. The Morgan fingerprint density at radius 1 is 0.920 bits per heavy atom. The van der Waals surface area contributed by atoms with Crippen molar-refractivity contribution in [1.29, 1.82) is 0 Å². The summed E-state index contributed by atoms with van der Waals surface area (Å²) in [5.74, 6) is 1.11. The van der Waals surface area contributed by atoms with Crippen LogP contribution in [-0.2, 0) is 9.59 Å². The van der Waals surface area contributed by atoms with Crippen molar-refractivity contribution >= 4 is 11.8 Å². The summed E-state index contributed by atoms with van der Waals surface area (Å²) < 4.78 is 0. The maximum atomic E-state index is 12.6. The Labute approximate surface area is 152 Å². The summed E-state index contributed by atoms with van der Waals surface area (Å²) in [6, 6.07) is 0.289. The number of carbonyl (C=O) groups is 2. The van der Waals surface area contributed by atoms with Crippen LogP contribution in [0.3, 0.4) is 0 Å². The third-order valence-electron chi connectivity index (χ3n) is 6.45. The molecule has 2 aliphatic carbocycles. The van der Waals surface area contributed by atoms with E-state index in [0.29, 0.717) is 17.9 Å². The highest BCUT2D eigenvalue weighted by molar-refractivity contribution is 5.81. The fraction of sp³-hybridized carbons (Fsp3) is 0.900. The first-order valence-electron chi connectivity index (χ1n) is 10.5. The van der Waals surface area contributed by atoms with Gasteiger partial charge in [0.1, 0.15) is 0 Å². The van der Waals surface area contributed by atoms with E-state index in [0.717, 1.165) is 51.9 Å². The summed E-state index contributed by atoms with van der Waals surface area (Å²) in [7, 11) is 0. The van der Waals surface area contributed by atoms with Crippen molar-refractivity contribution in [2.75, 3.05) is 26.2 Å². The van der Waals surface area contributed by atoms with Crippen LogP contribution >= 0.6 is 0 Å². The van der Waals surface area contributed by atoms with Crippen molar-refractivity contribution < 1.29 is 9.59 Å². The highest BCUT2D eigenvalue weighted by Crippen LogP contribution is 2.28. The smallest absolute Gasteiger partial charge is 0.237 e. The third-order valence-corrected chi connectivity index (χ3v) is 6.45. The van der Waals surface area contributed by atoms with Crippen LogP contribution in [0.4, 0.5) is 0 Å². The van der Waals surface area contributed by atoms with Gasteiger partial charge in [0.25, 0.3) is 0 Å². The van der Waals surface area contributed by atoms with Crippen molar-refractivity contribution in [3.63, 3.8) is 0 Å². The molecular formula is C20H35N3O2. The van der Waals surface area contributed by atoms with Crippen LogP contribution in [0.5, 0.6) is 0 Å². The Morgan fingerprint density at radius 3 is 2.32 bits per heavy atom. The van der Waals surface area contributed by atoms with Gasteiger partial charge in [-0.2, -0.15) is 0 Å². The first-order chi connectivity index (χ1) is 12.1. The molecule has 5 nitrogen and oxygen atoms in total. The lowest BCUT2D eigenvalue weighted by Gasteiger charge is -2.28. The SMILES string of the molecule is CC(C(=O)NC1CCCC1)N1CCCN(C(=O)CC2CCCC2)CC1. The van der Waals surface area contributed by atoms with Crippen LogP contribution in [-0.4, -0.2) is 59.9 Å². The van der Waals surface area contributed by atoms with Gasteiger partial charge in [-0.3, -0.25) is 14.5 Å². The zero-order valence-electron chi connectivity index (χ0n) is 15.8. The van der Waals surface area contributed by atoms with Crippen molar-refractivity contribution in [3.05, 3.63) is 0 Å². The fourth-order valence-electron chi connectivity index (χ4n) is 4.72. The number of nitrogens with zero attached hydrogens (tertiary/aromatic N) is 2. The lowest BCUT2D eigenvalue weighted by Crippen LogP contribution is -2.49. The van der Waals surface area contributed by atoms with E-state index in [9.17, 15) is 9.59 Å². The van der Waals surface area contributed by atoms with Crippen molar-refractivity contribution in [3.8, 4) is 0 Å². The molecule has 1 saturated heterocycles. The third kappa shape index (κ3) is 5.19. The molecule has 0 spiro atoms. The lowest BCUT2D eigenvalue weighted by atomic mass is 10.0. The predicted molar refractivity (Wildman–Crippen MR) is 99.2 cm³/mol. The second-order valence-electron chi connectivity index (χ2n) is 8.29. The normalized spacial score (nSPS) is 25.1. The van der Waals surface area contributed by atoms with Gasteiger partial charge in [-0.1, -0.05) is 25.7 Å². The zero-order chi connectivity index (χ0) is 17.6. The van der Waals surface area contributed by atoms with Gasteiger partial charge in [0.05, 0.1) is 6.04 Å². The quantitative estimate of drug-likeness (QED) is 0.830. The minimum absolute atomic E-state index is 0.0921. The Morgan fingerprint density at radius 2 is 1.60 bits per heavy atom. The topological polar surface area (TPSA) is 52.7 Å². The average molecular weight is 350 g/mol. The van der Waals surface area contributed by atoms with Gasteiger partial charge >= 0.3 is 0 Å². The second kappa shape index (κ2) is 9.02. The molecule has 1 heterocycles. The van der Waals surface area contributed by atoms with E-state index in [1.54, 1.807) is 0 Å². The number of rotatable bonds is 5. The van der Waals surface area contributed by atoms with E-state index in [1.807, 2.05) is 11.8 Å². The second-order valence-corrected chi connectivity index (χ2v) is 8.29. The maximum absolute atomic E-state index is 12.6. The summed E-state index contributed by atoms with van der Waals surface area (Å²) in [5, 5.41) is 3.22. The Kier molecular flexibility index (Phi) is 6.74. The molecule has 3 aliphatic rings. The molecule has 1 unspecified atom stereocenters. The van der Waals surface area contributed by atoms with Gasteiger partial charge in [-0.05, 0) is 44.9 Å². The van der Waals surface area contributed by atoms with Gasteiger partial charge in [0, 0.05) is 38.6 Å². The van der Waals surface area contributed by atoms with Gasteiger partial charge in [-0.15, -0.1) is 0 Å². The van der Waals surface area contributed by atoms with Gasteiger partial charge in [0.15, 0.2) is 0 Å². The average Bonchev–Trinajstić information content (AvgIpc) is 3.24. The summed E-state index contributed by atoms with van der Waals surface area (Å²) in [6.07, 6.45) is 11.5. The van der Waals surface area contributed by atoms with Crippen LogP contribution in [0.2, 0.25) is 0 Å². The molecule has 25 heavy (non-hydrogen) atoms. The summed E-state index contributed by atoms with van der Waals surface area (Å²) >= 11 is 0. The number of carbonyl (C=O) groups excluding carboxylic acids is 2. The summed E-state index contributed by atoms with van der Waals surface area (Å²) in [4.78, 5) is 29.4. The molecule has 2 amide bonds. The molecule has 1 N–H and O–H groups in total. The molecule has 0 aromatic carbocycles. The minimum Gasteiger partial charge on any atom is -0.352 e. The summed E-state index contributed by atoms with van der Waals surface area (Å²) in [5.41, 5.74) is 0. The maximum Gasteiger partial charge on any atom is 0.237 e. The predicted octanol–water partition coefficient (Wildman–Crippen LogP) is 2.55. The monoisotopic (exact) mass is 349 g/mol. The Hall–Kier alpha value is -1.10. The molecule has 0 bridgehead atoms. The lowest BCUT2D eigenvalue weighted by molar-refractivity contribution is -0.132. The van der Waals surface area contributed by atoms with Crippen LogP contribution in [0, 0.1) is 5.92 Å². The molecule has 1 aliphatic heterocycles. The zero-order valence-corrected chi connectivity index (χ0v) is 15.8. The van der Waals surface area contributed by atoms with Gasteiger partial charge in [-0.25, -0.2) is 0 Å². The Balaban J connectivity index is 1.45. The van der Waals surface area contributed by atoms with E-state index < -0.39 is 0 Å². The van der Waals surface area contributed by atoms with Crippen LogP contribution in [0.1, 0.15) is 71.1 Å². The number of hydrogen-bond donors (Lipinski definition) is 1. The first-order valence-corrected chi connectivity index (χ1v) is 10.5. The summed E-state index contributed by atoms with van der Waals surface area (Å²) in [6.45, 7) is 5.36. The number of hydrogen-bond acceptors (Lipinski definition) is 3. The standard InChI is InChI=1S/C20H35N3O2/c1-16(20(25)21-18-9-4-5-10-18)22-11-6-12-23(14-13-22)19(24)15-17-7-2-3-8-17/h16-18H,2-15H2,1H3,(H,21,25). The van der Waals surface area contributed by atoms with Crippen LogP contribution in [0.15, 0.2) is 0 Å². The van der Waals surface area contributed by atoms with Crippen molar-refractivity contribution in [2.45, 2.75) is 83.2 Å². The highest BCUT2D eigenvalue weighted by Gasteiger charge is 2.28. The largest absolute Gasteiger partial charge is 0.352 e. The van der Waals surface area contributed by atoms with E-state index in [1.165, 1.54) is 38.5 Å². The van der Waals surface area contributed by atoms with Crippen LogP contribution < -0.4 is 5.32 Å². The minimum atomic E-state index is -0.0921. The van der Waals surface area contributed by atoms with E-state index in [2.05, 4.69) is 10.2 Å². The first kappa shape index (κ1) is 18.7. The molecule has 5 heteroatoms. The molecule has 0 radical (unpaired) electrons. The van der Waals surface area contributed by atoms with Gasteiger partial charge in [0.2, 0.25) is 11.8 Å². The molecule has 3 rings (SSSR count). The van der Waals surface area contributed by atoms with E-state index in [4.69, 9.17) is 0 Å². The molecule has 0 aromatic rings. The fourth-order valence-corrected chi connectivity index (χ4v) is 4.72. The van der Waals surface area contributed by atoms with Crippen molar-refractivity contribution in [2.24, 2.45) is 5.92 Å². The van der Waals surface area contributed by atoms with Crippen LogP contribution in [0.25, 0.3) is 0 Å². The number of nitrogens with one attached hydrogen (secondary N) is 1. The molecule has 0 aromatic heterocycles. The Bertz CT molecular complexity index is 456. The van der Waals surface area contributed by atoms with E-state index >= 15 is 0 Å².